The number of benzene rings is 1. The van der Waals surface area contributed by atoms with Gasteiger partial charge in [-0.25, -0.2) is 0 Å². The van der Waals surface area contributed by atoms with Gasteiger partial charge in [-0.3, -0.25) is 9.48 Å². The molecule has 0 spiro atoms. The van der Waals surface area contributed by atoms with Gasteiger partial charge in [0, 0.05) is 5.02 Å². The Labute approximate surface area is 178 Å². The first-order valence-corrected chi connectivity index (χ1v) is 9.89. The number of halogens is 1. The first kappa shape index (κ1) is 21.5. The molecule has 2 aromatic heterocycles. The molecule has 0 aliphatic carbocycles. The molecule has 0 saturated carbocycles. The van der Waals surface area contributed by atoms with E-state index in [9.17, 15) is 14.9 Å². The Balaban J connectivity index is 1.85. The lowest BCUT2D eigenvalue weighted by atomic mass is 10.2. The van der Waals surface area contributed by atoms with Crippen molar-refractivity contribution >= 4 is 29.0 Å². The van der Waals surface area contributed by atoms with Crippen molar-refractivity contribution in [1.29, 1.82) is 0 Å². The molecule has 30 heavy (non-hydrogen) atoms. The maximum absolute atomic E-state index is 13.0. The average molecular weight is 431 g/mol. The maximum Gasteiger partial charge on any atom is 0.390 e. The smallest absolute Gasteiger partial charge is 0.358 e. The zero-order chi connectivity index (χ0) is 22.0. The second-order valence-electron chi connectivity index (χ2n) is 7.05. The third-order valence-electron chi connectivity index (χ3n) is 4.99. The molecule has 1 amide bonds. The summed E-state index contributed by atoms with van der Waals surface area (Å²) < 4.78 is 3.18. The Morgan fingerprint density at radius 2 is 1.97 bits per heavy atom. The zero-order valence-electron chi connectivity index (χ0n) is 17.2. The van der Waals surface area contributed by atoms with Crippen LogP contribution in [-0.4, -0.2) is 30.4 Å². The van der Waals surface area contributed by atoms with Crippen molar-refractivity contribution in [2.45, 2.75) is 46.7 Å². The highest BCUT2D eigenvalue weighted by atomic mass is 35.5. The molecule has 2 heterocycles. The summed E-state index contributed by atoms with van der Waals surface area (Å²) in [6.45, 7) is 7.68. The molecule has 1 unspecified atom stereocenters. The van der Waals surface area contributed by atoms with Crippen LogP contribution in [0.25, 0.3) is 0 Å². The van der Waals surface area contributed by atoms with Crippen LogP contribution < -0.4 is 5.32 Å². The number of nitro groups is 1. The largest absolute Gasteiger partial charge is 0.390 e. The molecule has 0 aliphatic rings. The minimum atomic E-state index is -0.676. The molecule has 158 valence electrons. The number of carbonyl (C=O) groups excluding carboxylic acids is 1. The lowest BCUT2D eigenvalue weighted by molar-refractivity contribution is -0.389. The van der Waals surface area contributed by atoms with Crippen LogP contribution in [0.3, 0.4) is 0 Å². The second kappa shape index (κ2) is 8.66. The summed E-state index contributed by atoms with van der Waals surface area (Å²) >= 11 is 6.26. The van der Waals surface area contributed by atoms with Crippen molar-refractivity contribution in [3.8, 4) is 0 Å². The third-order valence-corrected chi connectivity index (χ3v) is 5.36. The number of hydrogen-bond acceptors (Lipinski definition) is 5. The van der Waals surface area contributed by atoms with Crippen molar-refractivity contribution in [3.63, 3.8) is 0 Å². The van der Waals surface area contributed by atoms with Crippen LogP contribution in [0.1, 0.15) is 42.0 Å². The Bertz CT molecular complexity index is 1100. The highest BCUT2D eigenvalue weighted by Crippen LogP contribution is 2.25. The Morgan fingerprint density at radius 1 is 1.27 bits per heavy atom. The van der Waals surface area contributed by atoms with Gasteiger partial charge < -0.3 is 15.4 Å². The number of nitrogens with zero attached hydrogens (tertiary/aromatic N) is 5. The first-order valence-electron chi connectivity index (χ1n) is 9.51. The van der Waals surface area contributed by atoms with Gasteiger partial charge in [-0.2, -0.15) is 9.78 Å². The molecule has 0 fully saturated rings. The molecule has 1 aromatic carbocycles. The maximum atomic E-state index is 13.0. The van der Waals surface area contributed by atoms with Crippen molar-refractivity contribution in [2.75, 3.05) is 5.32 Å². The molecule has 0 radical (unpaired) electrons. The fourth-order valence-electron chi connectivity index (χ4n) is 3.37. The lowest BCUT2D eigenvalue weighted by Crippen LogP contribution is -2.27. The van der Waals surface area contributed by atoms with Gasteiger partial charge in [0.15, 0.2) is 6.04 Å². The fourth-order valence-corrected chi connectivity index (χ4v) is 3.57. The number of aromatic nitrogens is 4. The third kappa shape index (κ3) is 4.20. The highest BCUT2D eigenvalue weighted by molar-refractivity contribution is 6.31. The topological polar surface area (TPSA) is 108 Å². The SMILES string of the molecule is CCC(C(=O)Nc1c(C)nn(Cc2ccccc2Cl)c1C)n1nc([N+](=O)[O-])cc1C. The summed E-state index contributed by atoms with van der Waals surface area (Å²) in [5.41, 5.74) is 3.55. The van der Waals surface area contributed by atoms with E-state index in [0.29, 0.717) is 35.1 Å². The van der Waals surface area contributed by atoms with E-state index in [-0.39, 0.29) is 11.7 Å². The number of anilines is 1. The van der Waals surface area contributed by atoms with E-state index >= 15 is 0 Å². The lowest BCUT2D eigenvalue weighted by Gasteiger charge is -2.14. The number of hydrogen-bond donors (Lipinski definition) is 1. The van der Waals surface area contributed by atoms with E-state index in [0.717, 1.165) is 11.3 Å². The first-order chi connectivity index (χ1) is 14.2. The monoisotopic (exact) mass is 430 g/mol. The number of carbonyl (C=O) groups is 1. The van der Waals surface area contributed by atoms with Gasteiger partial charge in [0.05, 0.1) is 40.5 Å². The van der Waals surface area contributed by atoms with Crippen LogP contribution in [0.15, 0.2) is 30.3 Å². The molecule has 1 atom stereocenters. The molecule has 9 nitrogen and oxygen atoms in total. The average Bonchev–Trinajstić information content (AvgIpc) is 3.20. The van der Waals surface area contributed by atoms with Crippen LogP contribution in [0.4, 0.5) is 11.5 Å². The quantitative estimate of drug-likeness (QED) is 0.446. The van der Waals surface area contributed by atoms with E-state index in [4.69, 9.17) is 11.6 Å². The molecule has 0 aliphatic heterocycles. The fraction of sp³-hybridized carbons (Fsp3) is 0.350. The highest BCUT2D eigenvalue weighted by Gasteiger charge is 2.28. The van der Waals surface area contributed by atoms with Crippen molar-refractivity contribution in [3.05, 3.63) is 68.1 Å². The number of rotatable bonds is 7. The molecule has 3 rings (SSSR count). The summed E-state index contributed by atoms with van der Waals surface area (Å²) in [5.74, 6) is -0.583. The molecule has 10 heteroatoms. The minimum absolute atomic E-state index is 0.279. The van der Waals surface area contributed by atoms with E-state index in [2.05, 4.69) is 15.5 Å². The minimum Gasteiger partial charge on any atom is -0.358 e. The van der Waals surface area contributed by atoms with Crippen molar-refractivity contribution < 1.29 is 9.72 Å². The Kier molecular flexibility index (Phi) is 6.21. The van der Waals surface area contributed by atoms with Crippen LogP contribution in [0.5, 0.6) is 0 Å². The van der Waals surface area contributed by atoms with Gasteiger partial charge in [-0.1, -0.05) is 36.7 Å². The zero-order valence-corrected chi connectivity index (χ0v) is 18.0. The Morgan fingerprint density at radius 3 is 2.57 bits per heavy atom. The second-order valence-corrected chi connectivity index (χ2v) is 7.46. The standard InChI is InChI=1S/C20H23ClN6O3/c1-5-17(26-12(2)10-18(24-26)27(29)30)20(28)22-19-13(3)23-25(14(19)4)11-15-8-6-7-9-16(15)21/h6-10,17H,5,11H2,1-4H3,(H,22,28). The van der Waals surface area contributed by atoms with Gasteiger partial charge in [0.2, 0.25) is 0 Å². The Hall–Kier alpha value is -3.20. The van der Waals surface area contributed by atoms with Gasteiger partial charge in [-0.05, 0) is 43.7 Å². The van der Waals surface area contributed by atoms with Gasteiger partial charge in [0.1, 0.15) is 0 Å². The van der Waals surface area contributed by atoms with Crippen LogP contribution in [0.2, 0.25) is 5.02 Å². The van der Waals surface area contributed by atoms with E-state index in [1.54, 1.807) is 11.6 Å². The van der Waals surface area contributed by atoms with Crippen LogP contribution >= 0.6 is 11.6 Å². The summed E-state index contributed by atoms with van der Waals surface area (Å²) in [5, 5.41) is 23.1. The summed E-state index contributed by atoms with van der Waals surface area (Å²) in [6.07, 6.45) is 0.428. The summed E-state index contributed by atoms with van der Waals surface area (Å²) in [4.78, 5) is 23.4. The predicted molar refractivity (Wildman–Crippen MR) is 114 cm³/mol. The molecule has 3 aromatic rings. The number of nitrogens with one attached hydrogen (secondary N) is 1. The number of aryl methyl sites for hydroxylation is 2. The molecular weight excluding hydrogens is 408 g/mol. The summed E-state index contributed by atoms with van der Waals surface area (Å²) in [7, 11) is 0. The van der Waals surface area contributed by atoms with Crippen LogP contribution in [0, 0.1) is 30.9 Å². The predicted octanol–water partition coefficient (Wildman–Crippen LogP) is 4.20. The van der Waals surface area contributed by atoms with Gasteiger partial charge in [0.25, 0.3) is 5.91 Å². The molecule has 0 bridgehead atoms. The van der Waals surface area contributed by atoms with E-state index in [1.165, 1.54) is 10.7 Å². The molecule has 1 N–H and O–H groups in total. The molecular formula is C20H23ClN6O3. The van der Waals surface area contributed by atoms with E-state index in [1.807, 2.05) is 45.0 Å². The number of amides is 1. The van der Waals surface area contributed by atoms with Crippen LogP contribution in [-0.2, 0) is 11.3 Å². The van der Waals surface area contributed by atoms with Crippen molar-refractivity contribution in [2.24, 2.45) is 0 Å². The summed E-state index contributed by atoms with van der Waals surface area (Å²) in [6, 6.07) is 8.21. The molecule has 0 saturated heterocycles. The van der Waals surface area contributed by atoms with E-state index < -0.39 is 11.0 Å². The normalized spacial score (nSPS) is 12.0. The van der Waals surface area contributed by atoms with Crippen molar-refractivity contribution in [1.82, 2.24) is 19.6 Å². The van der Waals surface area contributed by atoms with Gasteiger partial charge in [-0.15, -0.1) is 0 Å². The van der Waals surface area contributed by atoms with Gasteiger partial charge >= 0.3 is 5.82 Å².